The van der Waals surface area contributed by atoms with E-state index < -0.39 is 0 Å². The molecular formula is C28H26BrN5O. The minimum atomic E-state index is -0.206. The van der Waals surface area contributed by atoms with Gasteiger partial charge in [0.25, 0.3) is 5.91 Å². The number of nitrogens with one attached hydrogen (secondary N) is 1. The maximum Gasteiger partial charge on any atom is 0.252 e. The van der Waals surface area contributed by atoms with Crippen LogP contribution < -0.4 is 15.1 Å². The Morgan fingerprint density at radius 1 is 0.829 bits per heavy atom. The van der Waals surface area contributed by atoms with Gasteiger partial charge < -0.3 is 15.1 Å². The number of aromatic nitrogens is 2. The van der Waals surface area contributed by atoms with Crippen molar-refractivity contribution in [1.29, 1.82) is 0 Å². The standard InChI is InChI=1S/C28H26BrN5O/c1-33(2)22-10-5-8-19(16-22)26-27(20-9-6-11-23(17-20)34(3)4)32-25-18-21(12-13-24(25)31-26)28(35)30-15-7-14-29/h5-6,8-13,16-18H,15H2,1-4H3,(H,30,35). The summed E-state index contributed by atoms with van der Waals surface area (Å²) in [5.74, 6) is 2.56. The maximum atomic E-state index is 12.6. The predicted octanol–water partition coefficient (Wildman–Crippen LogP) is 5.18. The van der Waals surface area contributed by atoms with Crippen molar-refractivity contribution in [3.8, 4) is 33.3 Å². The molecule has 0 bridgehead atoms. The first-order chi connectivity index (χ1) is 16.9. The number of anilines is 2. The Balaban J connectivity index is 1.90. The molecule has 0 aliphatic heterocycles. The van der Waals surface area contributed by atoms with Gasteiger partial charge in [-0.3, -0.25) is 4.79 Å². The minimum Gasteiger partial charge on any atom is -0.378 e. The van der Waals surface area contributed by atoms with E-state index in [0.29, 0.717) is 11.1 Å². The monoisotopic (exact) mass is 527 g/mol. The summed E-state index contributed by atoms with van der Waals surface area (Å²) in [7, 11) is 8.06. The highest BCUT2D eigenvalue weighted by Gasteiger charge is 2.16. The van der Waals surface area contributed by atoms with Crippen molar-refractivity contribution in [3.05, 3.63) is 72.3 Å². The van der Waals surface area contributed by atoms with Gasteiger partial charge in [-0.2, -0.15) is 0 Å². The van der Waals surface area contributed by atoms with Gasteiger partial charge in [-0.15, -0.1) is 0 Å². The summed E-state index contributed by atoms with van der Waals surface area (Å²) >= 11 is 3.03. The molecule has 1 aromatic heterocycles. The van der Waals surface area contributed by atoms with Crippen molar-refractivity contribution >= 4 is 44.2 Å². The summed E-state index contributed by atoms with van der Waals surface area (Å²) in [5.41, 5.74) is 7.53. The second-order valence-electron chi connectivity index (χ2n) is 8.47. The van der Waals surface area contributed by atoms with Gasteiger partial charge in [0, 0.05) is 72.2 Å². The zero-order valence-corrected chi connectivity index (χ0v) is 21.7. The fourth-order valence-corrected chi connectivity index (χ4v) is 3.86. The minimum absolute atomic E-state index is 0.206. The van der Waals surface area contributed by atoms with Crippen LogP contribution in [0.4, 0.5) is 11.4 Å². The summed E-state index contributed by atoms with van der Waals surface area (Å²) in [4.78, 5) is 29.3. The van der Waals surface area contributed by atoms with Gasteiger partial charge in [-0.1, -0.05) is 30.2 Å². The Hall–Kier alpha value is -3.89. The molecule has 1 N–H and O–H groups in total. The van der Waals surface area contributed by atoms with Crippen LogP contribution in [0.15, 0.2) is 66.7 Å². The topological polar surface area (TPSA) is 61.4 Å². The molecule has 1 heterocycles. The van der Waals surface area contributed by atoms with Crippen molar-refractivity contribution in [3.63, 3.8) is 0 Å². The third-order valence-corrected chi connectivity index (χ3v) is 5.88. The van der Waals surface area contributed by atoms with Crippen molar-refractivity contribution in [2.24, 2.45) is 0 Å². The lowest BCUT2D eigenvalue weighted by Crippen LogP contribution is -2.23. The summed E-state index contributed by atoms with van der Waals surface area (Å²) in [5, 5.41) is 2.78. The summed E-state index contributed by atoms with van der Waals surface area (Å²) in [6, 6.07) is 21.9. The maximum absolute atomic E-state index is 12.6. The van der Waals surface area contributed by atoms with Crippen LogP contribution in [0.2, 0.25) is 0 Å². The number of carbonyl (C=O) groups excluding carboxylic acids is 1. The molecular weight excluding hydrogens is 502 g/mol. The molecule has 3 aromatic carbocycles. The second kappa shape index (κ2) is 10.6. The normalized spacial score (nSPS) is 10.4. The van der Waals surface area contributed by atoms with Gasteiger partial charge in [0.05, 0.1) is 29.0 Å². The molecule has 6 nitrogen and oxygen atoms in total. The third-order valence-electron chi connectivity index (χ3n) is 5.60. The molecule has 0 radical (unpaired) electrons. The van der Waals surface area contributed by atoms with Crippen LogP contribution in [-0.2, 0) is 0 Å². The van der Waals surface area contributed by atoms with E-state index in [1.54, 1.807) is 12.1 Å². The van der Waals surface area contributed by atoms with Crippen LogP contribution in [0.5, 0.6) is 0 Å². The zero-order valence-electron chi connectivity index (χ0n) is 20.1. The summed E-state index contributed by atoms with van der Waals surface area (Å²) in [6.07, 6.45) is 0. The zero-order chi connectivity index (χ0) is 24.9. The van der Waals surface area contributed by atoms with E-state index in [-0.39, 0.29) is 12.5 Å². The molecule has 1 amide bonds. The number of fused-ring (bicyclic) bond motifs is 1. The van der Waals surface area contributed by atoms with Crippen LogP contribution >= 0.6 is 15.9 Å². The number of carbonyl (C=O) groups is 1. The van der Waals surface area contributed by atoms with E-state index in [4.69, 9.17) is 9.97 Å². The fraction of sp³-hybridized carbons (Fsp3) is 0.179. The Kier molecular flexibility index (Phi) is 7.33. The molecule has 0 saturated carbocycles. The van der Waals surface area contributed by atoms with Gasteiger partial charge in [0.1, 0.15) is 0 Å². The first kappa shape index (κ1) is 24.2. The number of halogens is 1. The van der Waals surface area contributed by atoms with Gasteiger partial charge in [0.2, 0.25) is 0 Å². The van der Waals surface area contributed by atoms with E-state index in [1.165, 1.54) is 0 Å². The number of amides is 1. The molecule has 0 spiro atoms. The molecule has 0 saturated heterocycles. The van der Waals surface area contributed by atoms with E-state index in [0.717, 1.165) is 39.4 Å². The smallest absolute Gasteiger partial charge is 0.252 e. The first-order valence-electron chi connectivity index (χ1n) is 11.1. The molecule has 0 atom stereocenters. The molecule has 0 aliphatic rings. The van der Waals surface area contributed by atoms with Gasteiger partial charge in [-0.25, -0.2) is 9.97 Å². The molecule has 7 heteroatoms. The van der Waals surface area contributed by atoms with Crippen molar-refractivity contribution in [2.75, 3.05) is 44.5 Å². The van der Waals surface area contributed by atoms with E-state index in [9.17, 15) is 4.79 Å². The largest absolute Gasteiger partial charge is 0.378 e. The Bertz CT molecular complexity index is 1450. The highest BCUT2D eigenvalue weighted by Crippen LogP contribution is 2.34. The average molecular weight is 528 g/mol. The Morgan fingerprint density at radius 2 is 1.40 bits per heavy atom. The Labute approximate surface area is 214 Å². The molecule has 4 aromatic rings. The quantitative estimate of drug-likeness (QED) is 0.350. The van der Waals surface area contributed by atoms with E-state index >= 15 is 0 Å². The summed E-state index contributed by atoms with van der Waals surface area (Å²) < 4.78 is 0. The first-order valence-corrected chi connectivity index (χ1v) is 11.9. The van der Waals surface area contributed by atoms with Crippen LogP contribution in [0.1, 0.15) is 10.4 Å². The van der Waals surface area contributed by atoms with Crippen LogP contribution in [0.3, 0.4) is 0 Å². The predicted molar refractivity (Wildman–Crippen MR) is 148 cm³/mol. The number of hydrogen-bond acceptors (Lipinski definition) is 5. The Morgan fingerprint density at radius 3 is 1.94 bits per heavy atom. The highest BCUT2D eigenvalue weighted by atomic mass is 79.9. The average Bonchev–Trinajstić information content (AvgIpc) is 2.87. The molecule has 0 aliphatic carbocycles. The SMILES string of the molecule is CN(C)c1cccc(-c2nc3ccc(C(=O)NCC#CBr)cc3nc2-c2cccc(N(C)C)c2)c1. The second-order valence-corrected chi connectivity index (χ2v) is 8.86. The third kappa shape index (κ3) is 5.44. The number of benzene rings is 3. The lowest BCUT2D eigenvalue weighted by atomic mass is 10.0. The van der Waals surface area contributed by atoms with Crippen molar-refractivity contribution in [1.82, 2.24) is 15.3 Å². The molecule has 0 fully saturated rings. The van der Waals surface area contributed by atoms with Crippen molar-refractivity contribution in [2.45, 2.75) is 0 Å². The number of hydrogen-bond donors (Lipinski definition) is 1. The lowest BCUT2D eigenvalue weighted by molar-refractivity contribution is 0.0959. The van der Waals surface area contributed by atoms with Crippen molar-refractivity contribution < 1.29 is 4.79 Å². The number of nitrogens with zero attached hydrogens (tertiary/aromatic N) is 4. The highest BCUT2D eigenvalue weighted by molar-refractivity contribution is 9.12. The lowest BCUT2D eigenvalue weighted by Gasteiger charge is -2.17. The van der Waals surface area contributed by atoms with Gasteiger partial charge >= 0.3 is 0 Å². The molecule has 35 heavy (non-hydrogen) atoms. The fourth-order valence-electron chi connectivity index (χ4n) is 3.72. The van der Waals surface area contributed by atoms with Crippen LogP contribution in [0, 0.1) is 10.8 Å². The molecule has 0 unspecified atom stereocenters. The van der Waals surface area contributed by atoms with Crippen LogP contribution in [0.25, 0.3) is 33.5 Å². The van der Waals surface area contributed by atoms with Gasteiger partial charge in [0.15, 0.2) is 0 Å². The summed E-state index contributed by atoms with van der Waals surface area (Å²) in [6.45, 7) is 0.261. The molecule has 4 rings (SSSR count). The van der Waals surface area contributed by atoms with E-state index in [1.807, 2.05) is 52.5 Å². The molecule has 176 valence electrons. The van der Waals surface area contributed by atoms with E-state index in [2.05, 4.69) is 72.1 Å². The number of rotatable bonds is 6. The van der Waals surface area contributed by atoms with Crippen LogP contribution in [-0.4, -0.2) is 50.6 Å². The van der Waals surface area contributed by atoms with Gasteiger partial charge in [-0.05, 0) is 47.3 Å².